The largest absolute Gasteiger partial charge is 0.456 e. The molecule has 14 aromatic rings. The Labute approximate surface area is 403 Å². The fraction of sp³-hybridized carbons (Fsp3) is 0. The minimum absolute atomic E-state index is 0.572. The maximum Gasteiger partial charge on any atom is 0.164 e. The van der Waals surface area contributed by atoms with Gasteiger partial charge in [-0.15, -0.1) is 0 Å². The number of furan rings is 1. The van der Waals surface area contributed by atoms with Crippen LogP contribution in [0.25, 0.3) is 139 Å². The van der Waals surface area contributed by atoms with Gasteiger partial charge in [0.25, 0.3) is 0 Å². The molecule has 0 saturated carbocycles. The fourth-order valence-corrected chi connectivity index (χ4v) is 10.5. The third-order valence-corrected chi connectivity index (χ3v) is 13.9. The average Bonchev–Trinajstić information content (AvgIpc) is 3.98. The van der Waals surface area contributed by atoms with E-state index in [1.807, 2.05) is 12.1 Å². The first-order valence-corrected chi connectivity index (χ1v) is 23.7. The molecule has 0 spiro atoms. The van der Waals surface area contributed by atoms with E-state index in [0.29, 0.717) is 17.5 Å². The normalized spacial score (nSPS) is 11.7. The van der Waals surface area contributed by atoms with Crippen LogP contribution < -0.4 is 0 Å². The summed E-state index contributed by atoms with van der Waals surface area (Å²) in [7, 11) is 0. The minimum Gasteiger partial charge on any atom is -0.456 e. The molecule has 0 bridgehead atoms. The summed E-state index contributed by atoms with van der Waals surface area (Å²) in [6, 6.07) is 85.8. The van der Waals surface area contributed by atoms with E-state index in [1.54, 1.807) is 0 Å². The van der Waals surface area contributed by atoms with Gasteiger partial charge in [-0.05, 0) is 110 Å². The number of fused-ring (bicyclic) bond motifs is 8. The molecule has 0 aliphatic carbocycles. The monoisotopic (exact) mass is 892 g/mol. The molecule has 3 aromatic heterocycles. The molecule has 0 amide bonds. The van der Waals surface area contributed by atoms with Crippen LogP contribution in [-0.4, -0.2) is 19.5 Å². The van der Waals surface area contributed by atoms with Crippen molar-refractivity contribution in [2.75, 3.05) is 0 Å². The van der Waals surface area contributed by atoms with E-state index in [9.17, 15) is 0 Å². The Hall–Kier alpha value is -9.45. The number of aromatic nitrogens is 4. The van der Waals surface area contributed by atoms with E-state index < -0.39 is 0 Å². The van der Waals surface area contributed by atoms with E-state index in [4.69, 9.17) is 19.4 Å². The van der Waals surface area contributed by atoms with Gasteiger partial charge in [-0.25, -0.2) is 15.0 Å². The maximum atomic E-state index is 6.63. The molecule has 0 atom stereocenters. The molecule has 0 N–H and O–H groups in total. The van der Waals surface area contributed by atoms with Crippen LogP contribution >= 0.6 is 0 Å². The predicted octanol–water partition coefficient (Wildman–Crippen LogP) is 17.2. The molecule has 0 aliphatic heterocycles. The Morgan fingerprint density at radius 2 is 0.814 bits per heavy atom. The molecule has 0 radical (unpaired) electrons. The summed E-state index contributed by atoms with van der Waals surface area (Å²) in [6.45, 7) is 0. The topological polar surface area (TPSA) is 56.7 Å². The van der Waals surface area contributed by atoms with Gasteiger partial charge in [0.1, 0.15) is 11.2 Å². The molecular weight excluding hydrogens is 853 g/mol. The second kappa shape index (κ2) is 16.1. The smallest absolute Gasteiger partial charge is 0.164 e. The maximum absolute atomic E-state index is 6.63. The molecule has 11 aromatic carbocycles. The molecule has 5 heteroatoms. The zero-order valence-electron chi connectivity index (χ0n) is 37.8. The zero-order chi connectivity index (χ0) is 46.1. The summed E-state index contributed by atoms with van der Waals surface area (Å²) >= 11 is 0. The lowest BCUT2D eigenvalue weighted by atomic mass is 9.97. The van der Waals surface area contributed by atoms with E-state index in [2.05, 4.69) is 235 Å². The van der Waals surface area contributed by atoms with Crippen LogP contribution in [0.1, 0.15) is 0 Å². The van der Waals surface area contributed by atoms with Gasteiger partial charge in [0, 0.05) is 43.9 Å². The van der Waals surface area contributed by atoms with Gasteiger partial charge in [0.05, 0.1) is 11.0 Å². The van der Waals surface area contributed by atoms with Crippen molar-refractivity contribution in [2.24, 2.45) is 0 Å². The van der Waals surface area contributed by atoms with Gasteiger partial charge in [-0.3, -0.25) is 0 Å². The molecule has 0 aliphatic rings. The summed E-state index contributed by atoms with van der Waals surface area (Å²) < 4.78 is 8.98. The van der Waals surface area contributed by atoms with Gasteiger partial charge in [0.2, 0.25) is 0 Å². The Morgan fingerprint density at radius 1 is 0.286 bits per heavy atom. The number of rotatable bonds is 7. The third kappa shape index (κ3) is 6.59. The molecule has 14 rings (SSSR count). The molecule has 70 heavy (non-hydrogen) atoms. The van der Waals surface area contributed by atoms with Crippen molar-refractivity contribution in [3.63, 3.8) is 0 Å². The summed E-state index contributed by atoms with van der Waals surface area (Å²) in [6.07, 6.45) is 0. The van der Waals surface area contributed by atoms with E-state index in [1.165, 1.54) is 48.9 Å². The van der Waals surface area contributed by atoms with Crippen LogP contribution in [0.5, 0.6) is 0 Å². The second-order valence-electron chi connectivity index (χ2n) is 17.9. The predicted molar refractivity (Wildman–Crippen MR) is 289 cm³/mol. The van der Waals surface area contributed by atoms with Crippen LogP contribution in [0.4, 0.5) is 0 Å². The van der Waals surface area contributed by atoms with Crippen molar-refractivity contribution < 1.29 is 4.42 Å². The minimum atomic E-state index is 0.572. The zero-order valence-corrected chi connectivity index (χ0v) is 37.8. The van der Waals surface area contributed by atoms with Crippen LogP contribution in [-0.2, 0) is 0 Å². The highest BCUT2D eigenvalue weighted by Crippen LogP contribution is 2.41. The Balaban J connectivity index is 0.929. The van der Waals surface area contributed by atoms with Gasteiger partial charge in [0.15, 0.2) is 17.5 Å². The highest BCUT2D eigenvalue weighted by atomic mass is 16.3. The van der Waals surface area contributed by atoms with E-state index in [-0.39, 0.29) is 0 Å². The van der Waals surface area contributed by atoms with Crippen molar-refractivity contribution in [3.8, 4) is 73.2 Å². The summed E-state index contributed by atoms with van der Waals surface area (Å²) in [4.78, 5) is 15.9. The quantitative estimate of drug-likeness (QED) is 0.160. The van der Waals surface area contributed by atoms with Crippen molar-refractivity contribution in [1.29, 1.82) is 0 Å². The summed E-state index contributed by atoms with van der Waals surface area (Å²) in [5, 5.41) is 9.19. The third-order valence-electron chi connectivity index (χ3n) is 13.9. The summed E-state index contributed by atoms with van der Waals surface area (Å²) in [5.74, 6) is 1.75. The van der Waals surface area contributed by atoms with Crippen LogP contribution in [0.2, 0.25) is 0 Å². The molecule has 0 unspecified atom stereocenters. The SMILES string of the molecule is c1ccc(-n2c3ccccc3c3cc(-c4ccc5oc6cccc(-c7nc(-c8ccc(-c9cccc%10ccccc9%10)cc8)nc(-c8cccc(-c9cccc%10ccccc9%10)c8)n7)c6c5c4)ccc32)cc1. The number of para-hydroxylation sites is 2. The van der Waals surface area contributed by atoms with Gasteiger partial charge < -0.3 is 8.98 Å². The van der Waals surface area contributed by atoms with Crippen molar-refractivity contribution in [1.82, 2.24) is 19.5 Å². The highest BCUT2D eigenvalue weighted by Gasteiger charge is 2.20. The summed E-state index contributed by atoms with van der Waals surface area (Å²) in [5.41, 5.74) is 14.5. The first-order chi connectivity index (χ1) is 34.7. The highest BCUT2D eigenvalue weighted by molar-refractivity contribution is 6.14. The number of benzene rings is 11. The Morgan fingerprint density at radius 3 is 1.59 bits per heavy atom. The van der Waals surface area contributed by atoms with Crippen LogP contribution in [0, 0.1) is 0 Å². The fourth-order valence-electron chi connectivity index (χ4n) is 10.5. The Bertz CT molecular complexity index is 4350. The lowest BCUT2D eigenvalue weighted by molar-refractivity contribution is 0.669. The Kier molecular flexibility index (Phi) is 9.14. The van der Waals surface area contributed by atoms with Crippen molar-refractivity contribution in [2.45, 2.75) is 0 Å². The number of nitrogens with zero attached hydrogens (tertiary/aromatic N) is 4. The van der Waals surface area contributed by atoms with Gasteiger partial charge in [-0.2, -0.15) is 0 Å². The van der Waals surface area contributed by atoms with Crippen molar-refractivity contribution in [3.05, 3.63) is 243 Å². The molecule has 0 fully saturated rings. The standard InChI is InChI=1S/C65H40N4O/c1-2-20-49(21-3-1)69-58-28-9-8-24-54(58)56-39-45(34-36-59(56)69)46-35-37-60-57(40-46)62-55(27-13-29-61(62)70-60)65-67-63(44-32-30-43(31-33-44)52-25-11-16-41-14-4-6-22-50(41)52)66-64(68-65)48-19-10-18-47(38-48)53-26-12-17-42-15-5-7-23-51(42)53/h1-40H. The lowest BCUT2D eigenvalue weighted by Gasteiger charge is -2.12. The molecule has 326 valence electrons. The molecule has 5 nitrogen and oxygen atoms in total. The van der Waals surface area contributed by atoms with E-state index in [0.717, 1.165) is 72.1 Å². The first-order valence-electron chi connectivity index (χ1n) is 23.7. The number of hydrogen-bond donors (Lipinski definition) is 0. The van der Waals surface area contributed by atoms with Crippen LogP contribution in [0.3, 0.4) is 0 Å². The van der Waals surface area contributed by atoms with Gasteiger partial charge >= 0.3 is 0 Å². The van der Waals surface area contributed by atoms with Crippen LogP contribution in [0.15, 0.2) is 247 Å². The average molecular weight is 893 g/mol. The van der Waals surface area contributed by atoms with Gasteiger partial charge in [-0.1, -0.05) is 188 Å². The molecule has 0 saturated heterocycles. The first kappa shape index (κ1) is 39.7. The second-order valence-corrected chi connectivity index (χ2v) is 17.9. The lowest BCUT2D eigenvalue weighted by Crippen LogP contribution is -2.00. The van der Waals surface area contributed by atoms with Crippen molar-refractivity contribution >= 4 is 65.3 Å². The number of hydrogen-bond acceptors (Lipinski definition) is 4. The van der Waals surface area contributed by atoms with E-state index >= 15 is 0 Å². The molecular formula is C65H40N4O. The molecule has 3 heterocycles.